The number of fused-ring (bicyclic) bond motifs is 2. The van der Waals surface area contributed by atoms with Crippen LogP contribution in [0.4, 0.5) is 5.69 Å². The second-order valence-electron chi connectivity index (χ2n) is 10.6. The van der Waals surface area contributed by atoms with E-state index in [1.54, 1.807) is 16.8 Å². The van der Waals surface area contributed by atoms with Crippen molar-refractivity contribution in [3.8, 4) is 0 Å². The van der Waals surface area contributed by atoms with Gasteiger partial charge in [-0.3, -0.25) is 14.4 Å². The second kappa shape index (κ2) is 9.73. The Labute approximate surface area is 225 Å². The minimum absolute atomic E-state index is 0.0649. The molecule has 2 unspecified atom stereocenters. The molecule has 1 spiro atoms. The Morgan fingerprint density at radius 2 is 1.87 bits per heavy atom. The number of hydrogen-bond donors (Lipinski definition) is 3. The molecule has 3 aliphatic heterocycles. The molecule has 3 aliphatic rings. The van der Waals surface area contributed by atoms with Gasteiger partial charge in [0.15, 0.2) is 0 Å². The molecule has 0 radical (unpaired) electrons. The van der Waals surface area contributed by atoms with Gasteiger partial charge in [-0.1, -0.05) is 42.5 Å². The molecule has 4 heterocycles. The van der Waals surface area contributed by atoms with Gasteiger partial charge < -0.3 is 25.4 Å². The molecule has 3 aromatic rings. The summed E-state index contributed by atoms with van der Waals surface area (Å²) < 4.78 is 8.32. The number of carbonyl (C=O) groups excluding carboxylic acids is 3. The highest BCUT2D eigenvalue weighted by Crippen LogP contribution is 2.64. The van der Waals surface area contributed by atoms with Crippen LogP contribution < -0.4 is 10.6 Å². The van der Waals surface area contributed by atoms with Crippen LogP contribution in [0.2, 0.25) is 0 Å². The van der Waals surface area contributed by atoms with Crippen LogP contribution in [0.15, 0.2) is 54.6 Å². The Morgan fingerprint density at radius 1 is 1.10 bits per heavy atom. The van der Waals surface area contributed by atoms with Gasteiger partial charge in [-0.2, -0.15) is 0 Å². The van der Waals surface area contributed by atoms with Crippen LogP contribution in [0.25, 0.3) is 11.0 Å². The summed E-state index contributed by atoms with van der Waals surface area (Å²) in [5, 5.41) is 23.7. The molecule has 3 N–H and O–H groups in total. The van der Waals surface area contributed by atoms with Crippen molar-refractivity contribution in [2.75, 3.05) is 18.5 Å². The molecular formula is C28H32N6O5. The van der Waals surface area contributed by atoms with E-state index in [0.29, 0.717) is 36.9 Å². The Morgan fingerprint density at radius 3 is 2.64 bits per heavy atom. The van der Waals surface area contributed by atoms with E-state index in [1.807, 2.05) is 49.4 Å². The minimum Gasteiger partial charge on any atom is -0.396 e. The van der Waals surface area contributed by atoms with Crippen molar-refractivity contribution >= 4 is 34.4 Å². The summed E-state index contributed by atoms with van der Waals surface area (Å²) in [5.74, 6) is -2.47. The number of anilines is 1. The first-order chi connectivity index (χ1) is 18.9. The van der Waals surface area contributed by atoms with Crippen LogP contribution in [0.1, 0.15) is 32.6 Å². The number of benzene rings is 2. The van der Waals surface area contributed by atoms with E-state index in [2.05, 4.69) is 20.9 Å². The Kier molecular flexibility index (Phi) is 6.35. The molecule has 3 saturated heterocycles. The van der Waals surface area contributed by atoms with Gasteiger partial charge in [0.25, 0.3) is 0 Å². The largest absolute Gasteiger partial charge is 0.396 e. The van der Waals surface area contributed by atoms with E-state index in [1.165, 1.54) is 4.90 Å². The molecule has 3 amide bonds. The monoisotopic (exact) mass is 532 g/mol. The first-order valence-electron chi connectivity index (χ1n) is 13.5. The summed E-state index contributed by atoms with van der Waals surface area (Å²) in [6, 6.07) is 15.6. The molecule has 3 fully saturated rings. The van der Waals surface area contributed by atoms with E-state index in [0.717, 1.165) is 5.52 Å². The summed E-state index contributed by atoms with van der Waals surface area (Å²) in [6.07, 6.45) is 1.92. The quantitative estimate of drug-likeness (QED) is 0.381. The lowest BCUT2D eigenvalue weighted by atomic mass is 9.65. The Hall–Kier alpha value is -3.83. The number of hydrogen-bond acceptors (Lipinski definition) is 7. The average molecular weight is 533 g/mol. The first-order valence-corrected chi connectivity index (χ1v) is 13.5. The number of nitrogens with zero attached hydrogens (tertiary/aromatic N) is 4. The van der Waals surface area contributed by atoms with Crippen LogP contribution >= 0.6 is 0 Å². The van der Waals surface area contributed by atoms with Crippen LogP contribution in [0.5, 0.6) is 0 Å². The molecule has 0 aliphatic carbocycles. The third kappa shape index (κ3) is 3.90. The van der Waals surface area contributed by atoms with E-state index >= 15 is 0 Å². The van der Waals surface area contributed by atoms with Gasteiger partial charge in [0.05, 0.1) is 23.0 Å². The number of ether oxygens (including phenoxy) is 1. The van der Waals surface area contributed by atoms with E-state index in [4.69, 9.17) is 4.74 Å². The maximum absolute atomic E-state index is 14.0. The van der Waals surface area contributed by atoms with E-state index in [-0.39, 0.29) is 37.5 Å². The number of rotatable bonds is 9. The summed E-state index contributed by atoms with van der Waals surface area (Å²) in [4.78, 5) is 43.1. The highest BCUT2D eigenvalue weighted by Gasteiger charge is 2.78. The van der Waals surface area contributed by atoms with Gasteiger partial charge in [0.1, 0.15) is 23.8 Å². The Bertz CT molecular complexity index is 1410. The number of carbonyl (C=O) groups is 3. The summed E-state index contributed by atoms with van der Waals surface area (Å²) in [7, 11) is 0. The normalized spacial score (nSPS) is 29.1. The fraction of sp³-hybridized carbons (Fsp3) is 0.464. The third-order valence-corrected chi connectivity index (χ3v) is 8.63. The number of aliphatic hydroxyl groups excluding tert-OH is 1. The number of likely N-dealkylation sites (tertiary alicyclic amines) is 1. The molecule has 2 bridgehead atoms. The smallest absolute Gasteiger partial charge is 0.247 e. The van der Waals surface area contributed by atoms with Gasteiger partial charge in [-0.25, -0.2) is 4.68 Å². The predicted molar refractivity (Wildman–Crippen MR) is 141 cm³/mol. The summed E-state index contributed by atoms with van der Waals surface area (Å²) in [5.41, 5.74) is 0.163. The fourth-order valence-corrected chi connectivity index (χ4v) is 6.92. The lowest BCUT2D eigenvalue weighted by molar-refractivity contribution is -0.146. The van der Waals surface area contributed by atoms with Gasteiger partial charge in [-0.05, 0) is 49.9 Å². The standard InChI is InChI=1S/C28H32N6O5/c1-2-27-13-14-28(39-27)22(21(27)24(36)30-18-9-4-3-5-10-18)26(38)33(15-8-16-35)23(28)25(37)29-17-34-20-12-7-6-11-19(20)31-32-34/h3-7,9-12,21-23,35H,2,8,13-17H2,1H3,(H,29,37)(H,30,36)/t21-,22+,23?,27+,28?/m1/s1. The van der Waals surface area contributed by atoms with Crippen LogP contribution in [-0.4, -0.2) is 73.1 Å². The van der Waals surface area contributed by atoms with Crippen LogP contribution in [0, 0.1) is 11.8 Å². The number of para-hydroxylation sites is 2. The van der Waals surface area contributed by atoms with Gasteiger partial charge in [0.2, 0.25) is 17.7 Å². The van der Waals surface area contributed by atoms with Gasteiger partial charge in [-0.15, -0.1) is 5.10 Å². The topological polar surface area (TPSA) is 139 Å². The molecule has 2 aromatic carbocycles. The van der Waals surface area contributed by atoms with Gasteiger partial charge >= 0.3 is 0 Å². The van der Waals surface area contributed by atoms with Crippen LogP contribution in [-0.2, 0) is 25.8 Å². The molecule has 5 atom stereocenters. The lowest BCUT2D eigenvalue weighted by Crippen LogP contribution is -2.55. The Balaban J connectivity index is 1.32. The summed E-state index contributed by atoms with van der Waals surface area (Å²) >= 11 is 0. The summed E-state index contributed by atoms with van der Waals surface area (Å²) in [6.45, 7) is 2.09. The molecule has 11 nitrogen and oxygen atoms in total. The molecule has 1 aromatic heterocycles. The number of aromatic nitrogens is 3. The third-order valence-electron chi connectivity index (χ3n) is 8.63. The van der Waals surface area contributed by atoms with Crippen molar-refractivity contribution in [2.24, 2.45) is 11.8 Å². The zero-order valence-electron chi connectivity index (χ0n) is 21.7. The lowest BCUT2D eigenvalue weighted by Gasteiger charge is -2.34. The molecule has 204 valence electrons. The highest BCUT2D eigenvalue weighted by atomic mass is 16.5. The minimum atomic E-state index is -1.13. The zero-order valence-corrected chi connectivity index (χ0v) is 21.7. The van der Waals surface area contributed by atoms with Crippen molar-refractivity contribution in [3.05, 3.63) is 54.6 Å². The SMILES string of the molecule is CC[C@@]12CCC3(O1)C(C(=O)NCn1nnc4ccccc41)N(CCCO)C(=O)[C@@H]3[C@@H]2C(=O)Nc1ccccc1. The van der Waals surface area contributed by atoms with Crippen molar-refractivity contribution in [2.45, 2.75) is 56.5 Å². The zero-order chi connectivity index (χ0) is 27.2. The number of nitrogens with one attached hydrogen (secondary N) is 2. The second-order valence-corrected chi connectivity index (χ2v) is 10.6. The van der Waals surface area contributed by atoms with Crippen molar-refractivity contribution in [1.82, 2.24) is 25.2 Å². The maximum atomic E-state index is 14.0. The highest BCUT2D eigenvalue weighted by molar-refractivity contribution is 6.02. The average Bonchev–Trinajstić information content (AvgIpc) is 3.68. The molecule has 11 heteroatoms. The first kappa shape index (κ1) is 25.4. The van der Waals surface area contributed by atoms with Gasteiger partial charge in [0, 0.05) is 18.8 Å². The molecule has 39 heavy (non-hydrogen) atoms. The van der Waals surface area contributed by atoms with Crippen LogP contribution in [0.3, 0.4) is 0 Å². The predicted octanol–water partition coefficient (Wildman–Crippen LogP) is 1.68. The van der Waals surface area contributed by atoms with E-state index < -0.39 is 29.1 Å². The van der Waals surface area contributed by atoms with E-state index in [9.17, 15) is 19.5 Å². The molecule has 6 rings (SSSR count). The van der Waals surface area contributed by atoms with Crippen molar-refractivity contribution < 1.29 is 24.2 Å². The fourth-order valence-electron chi connectivity index (χ4n) is 6.92. The number of amides is 3. The van der Waals surface area contributed by atoms with Crippen molar-refractivity contribution in [1.29, 1.82) is 0 Å². The molecular weight excluding hydrogens is 500 g/mol. The number of aliphatic hydroxyl groups is 1. The molecule has 0 saturated carbocycles. The maximum Gasteiger partial charge on any atom is 0.247 e. The van der Waals surface area contributed by atoms with Crippen molar-refractivity contribution in [3.63, 3.8) is 0 Å².